The molecular formula is C22H22F3N3O2. The van der Waals surface area contributed by atoms with E-state index in [0.717, 1.165) is 46.7 Å². The minimum Gasteiger partial charge on any atom is -0.310 e. The van der Waals surface area contributed by atoms with Gasteiger partial charge in [-0.25, -0.2) is 4.98 Å². The predicted molar refractivity (Wildman–Crippen MR) is 106 cm³/mol. The third kappa shape index (κ3) is 3.55. The van der Waals surface area contributed by atoms with Gasteiger partial charge in [0.1, 0.15) is 11.9 Å². The second-order valence-electron chi connectivity index (χ2n) is 7.84. The van der Waals surface area contributed by atoms with E-state index in [1.54, 1.807) is 4.90 Å². The number of carbonyl (C=O) groups excluding carboxylic acids is 2. The highest BCUT2D eigenvalue weighted by molar-refractivity contribution is 6.08. The van der Waals surface area contributed by atoms with Crippen molar-refractivity contribution in [3.05, 3.63) is 52.7 Å². The molecule has 0 saturated carbocycles. The fraction of sp³-hybridized carbons (Fsp3) is 0.409. The van der Waals surface area contributed by atoms with E-state index in [0.29, 0.717) is 6.54 Å². The van der Waals surface area contributed by atoms with E-state index >= 15 is 0 Å². The first-order valence-electron chi connectivity index (χ1n) is 9.94. The Bertz CT molecular complexity index is 1020. The zero-order valence-corrected chi connectivity index (χ0v) is 16.8. The Hall–Kier alpha value is -2.90. The highest BCUT2D eigenvalue weighted by atomic mass is 19.4. The van der Waals surface area contributed by atoms with Crippen molar-refractivity contribution in [3.63, 3.8) is 0 Å². The summed E-state index contributed by atoms with van der Waals surface area (Å²) in [5.74, 6) is -0.782. The molecule has 0 radical (unpaired) electrons. The summed E-state index contributed by atoms with van der Waals surface area (Å²) in [4.78, 5) is 33.0. The third-order valence-corrected chi connectivity index (χ3v) is 5.76. The van der Waals surface area contributed by atoms with Crippen molar-refractivity contribution in [3.8, 4) is 0 Å². The average Bonchev–Trinajstić information content (AvgIpc) is 3.08. The number of anilines is 2. The largest absolute Gasteiger partial charge is 0.416 e. The summed E-state index contributed by atoms with van der Waals surface area (Å²) in [6.07, 6.45) is -2.54. The number of halogens is 3. The number of pyridine rings is 1. The lowest BCUT2D eigenvalue weighted by Gasteiger charge is -2.34. The molecule has 4 rings (SSSR count). The molecule has 0 unspecified atom stereocenters. The van der Waals surface area contributed by atoms with Gasteiger partial charge in [-0.3, -0.25) is 14.5 Å². The first-order valence-corrected chi connectivity index (χ1v) is 9.94. The number of hydrogen-bond acceptors (Lipinski definition) is 3. The Morgan fingerprint density at radius 2 is 1.93 bits per heavy atom. The van der Waals surface area contributed by atoms with Crippen LogP contribution in [0.3, 0.4) is 0 Å². The molecule has 2 aliphatic rings. The van der Waals surface area contributed by atoms with Crippen LogP contribution in [0.15, 0.2) is 30.3 Å². The van der Waals surface area contributed by atoms with Crippen LogP contribution in [0, 0.1) is 13.8 Å². The predicted octanol–water partition coefficient (Wildman–Crippen LogP) is 4.19. The van der Waals surface area contributed by atoms with Crippen LogP contribution in [0.1, 0.15) is 41.6 Å². The maximum Gasteiger partial charge on any atom is 0.416 e. The van der Waals surface area contributed by atoms with Gasteiger partial charge in [0.25, 0.3) is 0 Å². The molecule has 158 valence electrons. The van der Waals surface area contributed by atoms with Crippen LogP contribution in [0.4, 0.5) is 24.7 Å². The molecule has 2 amide bonds. The van der Waals surface area contributed by atoms with E-state index in [1.165, 1.54) is 6.92 Å². The summed E-state index contributed by atoms with van der Waals surface area (Å²) < 4.78 is 39.8. The summed E-state index contributed by atoms with van der Waals surface area (Å²) in [6, 6.07) is 6.69. The molecule has 0 aliphatic carbocycles. The summed E-state index contributed by atoms with van der Waals surface area (Å²) >= 11 is 0. The number of nitrogens with zero attached hydrogens (tertiary/aromatic N) is 3. The van der Waals surface area contributed by atoms with Gasteiger partial charge in [0, 0.05) is 24.3 Å². The van der Waals surface area contributed by atoms with Crippen molar-refractivity contribution in [2.45, 2.75) is 51.7 Å². The van der Waals surface area contributed by atoms with Crippen LogP contribution in [0.2, 0.25) is 0 Å². The number of alkyl halides is 3. The maximum atomic E-state index is 13.5. The molecule has 1 atom stereocenters. The SMILES string of the molecule is Cc1cc(C(F)(F)F)cc(N2C(=O)CC[C@H]2C(=O)N2CCCc3c(C)cccc32)n1. The molecule has 8 heteroatoms. The first kappa shape index (κ1) is 20.4. The summed E-state index contributed by atoms with van der Waals surface area (Å²) in [6.45, 7) is 3.95. The van der Waals surface area contributed by atoms with Gasteiger partial charge in [-0.05, 0) is 62.4 Å². The van der Waals surface area contributed by atoms with Gasteiger partial charge >= 0.3 is 6.18 Å². The summed E-state index contributed by atoms with van der Waals surface area (Å²) in [5, 5.41) is 0. The van der Waals surface area contributed by atoms with Gasteiger partial charge in [-0.1, -0.05) is 12.1 Å². The van der Waals surface area contributed by atoms with Gasteiger partial charge in [-0.2, -0.15) is 13.2 Å². The van der Waals surface area contributed by atoms with Crippen LogP contribution in [-0.4, -0.2) is 29.4 Å². The molecule has 3 heterocycles. The van der Waals surface area contributed by atoms with E-state index in [2.05, 4.69) is 4.98 Å². The lowest BCUT2D eigenvalue weighted by molar-refractivity contribution is -0.137. The molecule has 2 aromatic rings. The van der Waals surface area contributed by atoms with Gasteiger partial charge in [0.2, 0.25) is 11.8 Å². The van der Waals surface area contributed by atoms with Crippen LogP contribution in [-0.2, 0) is 22.2 Å². The number of carbonyl (C=O) groups is 2. The zero-order valence-electron chi connectivity index (χ0n) is 16.8. The molecule has 1 aromatic carbocycles. The van der Waals surface area contributed by atoms with Gasteiger partial charge in [0.05, 0.1) is 5.56 Å². The van der Waals surface area contributed by atoms with Crippen LogP contribution in [0.5, 0.6) is 0 Å². The fourth-order valence-electron chi connectivity index (χ4n) is 4.35. The average molecular weight is 417 g/mol. The lowest BCUT2D eigenvalue weighted by atomic mass is 9.96. The highest BCUT2D eigenvalue weighted by Gasteiger charge is 2.42. The Morgan fingerprint density at radius 3 is 2.67 bits per heavy atom. The number of amides is 2. The quantitative estimate of drug-likeness (QED) is 0.736. The number of fused-ring (bicyclic) bond motifs is 1. The zero-order chi connectivity index (χ0) is 21.6. The minimum atomic E-state index is -4.56. The van der Waals surface area contributed by atoms with Crippen molar-refractivity contribution in [2.24, 2.45) is 0 Å². The Morgan fingerprint density at radius 1 is 1.17 bits per heavy atom. The lowest BCUT2D eigenvalue weighted by Crippen LogP contribution is -2.49. The molecular weight excluding hydrogens is 395 g/mol. The van der Waals surface area contributed by atoms with E-state index in [-0.39, 0.29) is 36.2 Å². The van der Waals surface area contributed by atoms with Crippen molar-refractivity contribution in [1.82, 2.24) is 4.98 Å². The Balaban J connectivity index is 1.71. The number of benzene rings is 1. The highest BCUT2D eigenvalue weighted by Crippen LogP contribution is 2.36. The van der Waals surface area contributed by atoms with Crippen molar-refractivity contribution >= 4 is 23.3 Å². The molecule has 1 saturated heterocycles. The van der Waals surface area contributed by atoms with Gasteiger partial charge in [0.15, 0.2) is 0 Å². The van der Waals surface area contributed by atoms with Crippen molar-refractivity contribution in [2.75, 3.05) is 16.3 Å². The fourth-order valence-corrected chi connectivity index (χ4v) is 4.35. The number of rotatable bonds is 2. The molecule has 0 N–H and O–H groups in total. The number of hydrogen-bond donors (Lipinski definition) is 0. The topological polar surface area (TPSA) is 53.5 Å². The third-order valence-electron chi connectivity index (χ3n) is 5.76. The van der Waals surface area contributed by atoms with E-state index in [1.807, 2.05) is 25.1 Å². The van der Waals surface area contributed by atoms with Crippen LogP contribution in [0.25, 0.3) is 0 Å². The normalized spacial score (nSPS) is 19.2. The minimum absolute atomic E-state index is 0.0991. The Kier molecular flexibility index (Phi) is 5.03. The molecule has 5 nitrogen and oxygen atoms in total. The Labute approximate surface area is 172 Å². The van der Waals surface area contributed by atoms with Crippen molar-refractivity contribution in [1.29, 1.82) is 0 Å². The van der Waals surface area contributed by atoms with E-state index < -0.39 is 17.8 Å². The second kappa shape index (κ2) is 7.41. The molecule has 1 fully saturated rings. The van der Waals surface area contributed by atoms with Crippen LogP contribution < -0.4 is 9.80 Å². The summed E-state index contributed by atoms with van der Waals surface area (Å²) in [5.41, 5.74) is 2.28. The standard InChI is InChI=1S/C22H22F3N3O2/c1-13-5-3-7-17-16(13)6-4-10-27(17)21(30)18-8-9-20(29)28(18)19-12-15(22(23,24)25)11-14(2)26-19/h3,5,7,11-12,18H,4,6,8-10H2,1-2H3/t18-/m0/s1. The van der Waals surface area contributed by atoms with Crippen LogP contribution >= 0.6 is 0 Å². The maximum absolute atomic E-state index is 13.5. The van der Waals surface area contributed by atoms with Gasteiger partial charge < -0.3 is 4.90 Å². The molecule has 2 aliphatic heterocycles. The van der Waals surface area contributed by atoms with Crippen molar-refractivity contribution < 1.29 is 22.8 Å². The molecule has 1 aromatic heterocycles. The molecule has 0 spiro atoms. The van der Waals surface area contributed by atoms with E-state index in [9.17, 15) is 22.8 Å². The van der Waals surface area contributed by atoms with E-state index in [4.69, 9.17) is 0 Å². The molecule has 0 bridgehead atoms. The first-order chi connectivity index (χ1) is 14.2. The number of aryl methyl sites for hydroxylation is 2. The number of aromatic nitrogens is 1. The second-order valence-corrected chi connectivity index (χ2v) is 7.84. The van der Waals surface area contributed by atoms with Gasteiger partial charge in [-0.15, -0.1) is 0 Å². The summed E-state index contributed by atoms with van der Waals surface area (Å²) in [7, 11) is 0. The monoisotopic (exact) mass is 417 g/mol. The molecule has 30 heavy (non-hydrogen) atoms. The smallest absolute Gasteiger partial charge is 0.310 e.